The third-order valence-corrected chi connectivity index (χ3v) is 4.35. The van der Waals surface area contributed by atoms with Crippen LogP contribution in [0.3, 0.4) is 0 Å². The van der Waals surface area contributed by atoms with Gasteiger partial charge in [0.15, 0.2) is 0 Å². The van der Waals surface area contributed by atoms with Gasteiger partial charge >= 0.3 is 6.03 Å². The fourth-order valence-corrected chi connectivity index (χ4v) is 2.83. The highest BCUT2D eigenvalue weighted by atomic mass is 35.5. The van der Waals surface area contributed by atoms with E-state index in [-0.39, 0.29) is 12.4 Å². The molecule has 7 heteroatoms. The van der Waals surface area contributed by atoms with Gasteiger partial charge in [-0.2, -0.15) is 5.10 Å². The molecule has 2 aromatic carbocycles. The maximum absolute atomic E-state index is 13.9. The maximum atomic E-state index is 13.9. The number of nitrogens with one attached hydrogen (secondary N) is 2. The summed E-state index contributed by atoms with van der Waals surface area (Å²) in [6, 6.07) is 13.1. The van der Waals surface area contributed by atoms with Gasteiger partial charge < -0.3 is 10.6 Å². The molecule has 26 heavy (non-hydrogen) atoms. The van der Waals surface area contributed by atoms with Crippen LogP contribution < -0.4 is 10.6 Å². The Morgan fingerprint density at radius 1 is 1.12 bits per heavy atom. The number of para-hydroxylation sites is 1. The third-order valence-electron chi connectivity index (χ3n) is 4.02. The van der Waals surface area contributed by atoms with E-state index in [1.54, 1.807) is 54.1 Å². The summed E-state index contributed by atoms with van der Waals surface area (Å²) in [5.41, 5.74) is 3.02. The molecule has 0 spiro atoms. The van der Waals surface area contributed by atoms with Crippen LogP contribution in [0.25, 0.3) is 0 Å². The lowest BCUT2D eigenvalue weighted by Gasteiger charge is -2.10. The number of benzene rings is 2. The minimum absolute atomic E-state index is 0.285. The smallest absolute Gasteiger partial charge is 0.306 e. The van der Waals surface area contributed by atoms with Gasteiger partial charge in [-0.05, 0) is 32.0 Å². The molecule has 3 aromatic rings. The summed E-state index contributed by atoms with van der Waals surface area (Å²) in [4.78, 5) is 12.3. The zero-order valence-electron chi connectivity index (χ0n) is 14.4. The molecule has 0 aliphatic heterocycles. The molecule has 2 amide bonds. The van der Waals surface area contributed by atoms with Gasteiger partial charge in [-0.15, -0.1) is 0 Å². The molecule has 0 radical (unpaired) electrons. The predicted molar refractivity (Wildman–Crippen MR) is 101 cm³/mol. The molecule has 0 unspecified atom stereocenters. The minimum Gasteiger partial charge on any atom is -0.306 e. The fraction of sp³-hybridized carbons (Fsp3) is 0.158. The van der Waals surface area contributed by atoms with Crippen LogP contribution in [0.1, 0.15) is 17.0 Å². The Labute approximate surface area is 155 Å². The normalized spacial score (nSPS) is 10.6. The number of aryl methyl sites for hydroxylation is 1. The molecule has 0 fully saturated rings. The van der Waals surface area contributed by atoms with E-state index in [0.29, 0.717) is 27.7 Å². The van der Waals surface area contributed by atoms with Crippen molar-refractivity contribution in [1.82, 2.24) is 9.78 Å². The molecule has 1 aromatic heterocycles. The highest BCUT2D eigenvalue weighted by Crippen LogP contribution is 2.23. The van der Waals surface area contributed by atoms with Gasteiger partial charge in [-0.25, -0.2) is 9.18 Å². The van der Waals surface area contributed by atoms with Gasteiger partial charge in [-0.1, -0.05) is 41.9 Å². The summed E-state index contributed by atoms with van der Waals surface area (Å²) < 4.78 is 15.5. The van der Waals surface area contributed by atoms with Crippen molar-refractivity contribution in [2.75, 3.05) is 10.6 Å². The second kappa shape index (κ2) is 7.58. The van der Waals surface area contributed by atoms with E-state index < -0.39 is 6.03 Å². The van der Waals surface area contributed by atoms with Crippen LogP contribution in [0.5, 0.6) is 0 Å². The molecule has 0 aliphatic carbocycles. The summed E-state index contributed by atoms with van der Waals surface area (Å²) >= 11 is 6.05. The van der Waals surface area contributed by atoms with Crippen LogP contribution in [-0.4, -0.2) is 15.8 Å². The average molecular weight is 373 g/mol. The molecule has 0 bridgehead atoms. The van der Waals surface area contributed by atoms with Crippen molar-refractivity contribution < 1.29 is 9.18 Å². The van der Waals surface area contributed by atoms with Crippen molar-refractivity contribution in [2.45, 2.75) is 20.4 Å². The van der Waals surface area contributed by atoms with Gasteiger partial charge in [0, 0.05) is 5.56 Å². The quantitative estimate of drug-likeness (QED) is 0.678. The second-order valence-electron chi connectivity index (χ2n) is 5.85. The summed E-state index contributed by atoms with van der Waals surface area (Å²) in [5.74, 6) is -0.286. The Kier molecular flexibility index (Phi) is 5.23. The van der Waals surface area contributed by atoms with E-state index in [0.717, 1.165) is 5.69 Å². The molecule has 0 atom stereocenters. The minimum atomic E-state index is -0.422. The number of urea groups is 1. The van der Waals surface area contributed by atoms with Crippen molar-refractivity contribution in [1.29, 1.82) is 0 Å². The summed E-state index contributed by atoms with van der Waals surface area (Å²) in [5, 5.41) is 10.3. The highest BCUT2D eigenvalue weighted by molar-refractivity contribution is 6.33. The number of rotatable bonds is 4. The van der Waals surface area contributed by atoms with Crippen molar-refractivity contribution in [3.05, 3.63) is 76.3 Å². The number of anilines is 2. The SMILES string of the molecule is Cc1nn(Cc2ccccc2F)c(C)c1NC(=O)Nc1ccccc1Cl. The number of carbonyl (C=O) groups excluding carboxylic acids is 1. The summed E-state index contributed by atoms with van der Waals surface area (Å²) in [7, 11) is 0. The van der Waals surface area contributed by atoms with E-state index in [9.17, 15) is 9.18 Å². The first-order valence-electron chi connectivity index (χ1n) is 8.05. The van der Waals surface area contributed by atoms with E-state index in [2.05, 4.69) is 15.7 Å². The molecule has 0 aliphatic rings. The number of hydrogen-bond acceptors (Lipinski definition) is 2. The van der Waals surface area contributed by atoms with Gasteiger partial charge in [0.05, 0.1) is 34.3 Å². The van der Waals surface area contributed by atoms with Crippen LogP contribution in [0.2, 0.25) is 5.02 Å². The lowest BCUT2D eigenvalue weighted by molar-refractivity contribution is 0.262. The molecular formula is C19H18ClFN4O. The number of nitrogens with zero attached hydrogens (tertiary/aromatic N) is 2. The Bertz CT molecular complexity index is 954. The summed E-state index contributed by atoms with van der Waals surface area (Å²) in [6.45, 7) is 3.90. The van der Waals surface area contributed by atoms with E-state index in [1.165, 1.54) is 6.07 Å². The van der Waals surface area contributed by atoms with E-state index in [1.807, 2.05) is 6.92 Å². The number of aromatic nitrogens is 2. The topological polar surface area (TPSA) is 59.0 Å². The van der Waals surface area contributed by atoms with Gasteiger partial charge in [0.2, 0.25) is 0 Å². The fourth-order valence-electron chi connectivity index (χ4n) is 2.65. The Balaban J connectivity index is 1.77. The molecule has 0 saturated carbocycles. The van der Waals surface area contributed by atoms with Crippen LogP contribution >= 0.6 is 11.6 Å². The lowest BCUT2D eigenvalue weighted by atomic mass is 10.2. The summed E-state index contributed by atoms with van der Waals surface area (Å²) in [6.07, 6.45) is 0. The largest absolute Gasteiger partial charge is 0.323 e. The molecule has 134 valence electrons. The molecule has 3 rings (SSSR count). The van der Waals surface area contributed by atoms with Crippen LogP contribution in [0.15, 0.2) is 48.5 Å². The highest BCUT2D eigenvalue weighted by Gasteiger charge is 2.16. The average Bonchev–Trinajstić information content (AvgIpc) is 2.86. The number of carbonyl (C=O) groups is 1. The predicted octanol–water partition coefficient (Wildman–Crippen LogP) is 4.98. The molecule has 2 N–H and O–H groups in total. The first-order chi connectivity index (χ1) is 12.5. The Morgan fingerprint density at radius 2 is 1.81 bits per heavy atom. The zero-order valence-corrected chi connectivity index (χ0v) is 15.1. The molecule has 0 saturated heterocycles. The molecule has 1 heterocycles. The Morgan fingerprint density at radius 3 is 2.54 bits per heavy atom. The van der Waals surface area contributed by atoms with Crippen molar-refractivity contribution in [3.63, 3.8) is 0 Å². The number of amides is 2. The van der Waals surface area contributed by atoms with Gasteiger partial charge in [0.25, 0.3) is 0 Å². The standard InChI is InChI=1S/C19H18ClFN4O/c1-12-18(23-19(26)22-17-10-6-4-8-15(17)20)13(2)25(24-12)11-14-7-3-5-9-16(14)21/h3-10H,11H2,1-2H3,(H2,22,23,26). The second-order valence-corrected chi connectivity index (χ2v) is 6.26. The third kappa shape index (κ3) is 3.86. The monoisotopic (exact) mass is 372 g/mol. The zero-order chi connectivity index (χ0) is 18.7. The van der Waals surface area contributed by atoms with Crippen LogP contribution in [-0.2, 0) is 6.54 Å². The first kappa shape index (κ1) is 17.9. The number of halogens is 2. The molecular weight excluding hydrogens is 355 g/mol. The van der Waals surface area contributed by atoms with Crippen LogP contribution in [0, 0.1) is 19.7 Å². The lowest BCUT2D eigenvalue weighted by Crippen LogP contribution is -2.20. The van der Waals surface area contributed by atoms with E-state index >= 15 is 0 Å². The first-order valence-corrected chi connectivity index (χ1v) is 8.43. The van der Waals surface area contributed by atoms with E-state index in [4.69, 9.17) is 11.6 Å². The van der Waals surface area contributed by atoms with Crippen molar-refractivity contribution >= 4 is 29.0 Å². The Hall–Kier alpha value is -2.86. The molecule has 5 nitrogen and oxygen atoms in total. The van der Waals surface area contributed by atoms with Crippen LogP contribution in [0.4, 0.5) is 20.6 Å². The maximum Gasteiger partial charge on any atom is 0.323 e. The van der Waals surface area contributed by atoms with Crippen molar-refractivity contribution in [3.8, 4) is 0 Å². The number of hydrogen-bond donors (Lipinski definition) is 2. The van der Waals surface area contributed by atoms with Gasteiger partial charge in [0.1, 0.15) is 5.82 Å². The van der Waals surface area contributed by atoms with Gasteiger partial charge in [-0.3, -0.25) is 4.68 Å². The van der Waals surface area contributed by atoms with Crippen molar-refractivity contribution in [2.24, 2.45) is 0 Å².